The number of nitrogens with one attached hydrogen (secondary N) is 1. The summed E-state index contributed by atoms with van der Waals surface area (Å²) < 4.78 is 16.0. The van der Waals surface area contributed by atoms with Gasteiger partial charge in [-0.1, -0.05) is 0 Å². The minimum Gasteiger partial charge on any atom is -0.444 e. The normalized spacial score (nSPS) is 22.3. The zero-order valence-electron chi connectivity index (χ0n) is 14.0. The number of ether oxygens (including phenoxy) is 3. The largest absolute Gasteiger partial charge is 0.444 e. The third-order valence-corrected chi connectivity index (χ3v) is 3.38. The highest BCUT2D eigenvalue weighted by molar-refractivity contribution is 5.68. The first-order chi connectivity index (χ1) is 9.83. The number of nitrogens with zero attached hydrogens (tertiary/aromatic N) is 1. The molecule has 0 aromatic rings. The fraction of sp³-hybridized carbons (Fsp3) is 0.933. The lowest BCUT2D eigenvalue weighted by Crippen LogP contribution is -2.44. The van der Waals surface area contributed by atoms with Gasteiger partial charge in [0.05, 0.1) is 12.7 Å². The second-order valence-electron chi connectivity index (χ2n) is 6.39. The van der Waals surface area contributed by atoms with E-state index in [9.17, 15) is 4.79 Å². The van der Waals surface area contributed by atoms with Gasteiger partial charge in [0.1, 0.15) is 5.60 Å². The van der Waals surface area contributed by atoms with Gasteiger partial charge in [-0.15, -0.1) is 0 Å². The lowest BCUT2D eigenvalue weighted by Gasteiger charge is -2.28. The Morgan fingerprint density at radius 1 is 1.38 bits per heavy atom. The van der Waals surface area contributed by atoms with Crippen LogP contribution in [0.1, 0.15) is 34.1 Å². The molecule has 0 aromatic carbocycles. The molecule has 0 spiro atoms. The SMILES string of the molecule is COCCN(CCNC1CCOC1C)C(=O)OC(C)(C)C. The number of hydrogen-bond acceptors (Lipinski definition) is 5. The number of methoxy groups -OCH3 is 1. The Balaban J connectivity index is 2.39. The number of hydrogen-bond donors (Lipinski definition) is 1. The number of carbonyl (C=O) groups is 1. The summed E-state index contributed by atoms with van der Waals surface area (Å²) in [5.74, 6) is 0. The predicted molar refractivity (Wildman–Crippen MR) is 81.5 cm³/mol. The summed E-state index contributed by atoms with van der Waals surface area (Å²) in [6.45, 7) is 10.8. The highest BCUT2D eigenvalue weighted by Crippen LogP contribution is 2.12. The van der Waals surface area contributed by atoms with Gasteiger partial charge in [0, 0.05) is 39.4 Å². The summed E-state index contributed by atoms with van der Waals surface area (Å²) in [7, 11) is 1.63. The molecular formula is C15H30N2O4. The van der Waals surface area contributed by atoms with E-state index in [0.717, 1.165) is 19.6 Å². The maximum absolute atomic E-state index is 12.2. The van der Waals surface area contributed by atoms with Crippen molar-refractivity contribution in [3.8, 4) is 0 Å². The van der Waals surface area contributed by atoms with Crippen molar-refractivity contribution in [2.45, 2.75) is 51.9 Å². The Bertz CT molecular complexity index is 317. The highest BCUT2D eigenvalue weighted by Gasteiger charge is 2.25. The highest BCUT2D eigenvalue weighted by atomic mass is 16.6. The fourth-order valence-corrected chi connectivity index (χ4v) is 2.21. The zero-order valence-corrected chi connectivity index (χ0v) is 14.0. The van der Waals surface area contributed by atoms with Crippen LogP contribution in [0.25, 0.3) is 0 Å². The van der Waals surface area contributed by atoms with Gasteiger partial charge >= 0.3 is 6.09 Å². The van der Waals surface area contributed by atoms with Gasteiger partial charge in [0.25, 0.3) is 0 Å². The van der Waals surface area contributed by atoms with Crippen LogP contribution in [-0.2, 0) is 14.2 Å². The van der Waals surface area contributed by atoms with Crippen LogP contribution in [0, 0.1) is 0 Å². The van der Waals surface area contributed by atoms with E-state index in [2.05, 4.69) is 12.2 Å². The van der Waals surface area contributed by atoms with E-state index in [1.165, 1.54) is 0 Å². The van der Waals surface area contributed by atoms with Crippen LogP contribution in [-0.4, -0.2) is 68.7 Å². The molecule has 6 nitrogen and oxygen atoms in total. The Morgan fingerprint density at radius 2 is 2.10 bits per heavy atom. The van der Waals surface area contributed by atoms with Crippen molar-refractivity contribution in [3.05, 3.63) is 0 Å². The maximum Gasteiger partial charge on any atom is 0.410 e. The summed E-state index contributed by atoms with van der Waals surface area (Å²) in [5, 5.41) is 3.44. The molecule has 1 heterocycles. The Labute approximate surface area is 128 Å². The van der Waals surface area contributed by atoms with Gasteiger partial charge in [-0.25, -0.2) is 4.79 Å². The Morgan fingerprint density at radius 3 is 2.62 bits per heavy atom. The first-order valence-corrected chi connectivity index (χ1v) is 7.65. The van der Waals surface area contributed by atoms with Crippen LogP contribution in [0.5, 0.6) is 0 Å². The molecular weight excluding hydrogens is 272 g/mol. The fourth-order valence-electron chi connectivity index (χ4n) is 2.21. The van der Waals surface area contributed by atoms with Crippen molar-refractivity contribution >= 4 is 6.09 Å². The molecule has 124 valence electrons. The third-order valence-electron chi connectivity index (χ3n) is 3.38. The molecule has 1 aliphatic rings. The molecule has 0 aromatic heterocycles. The molecule has 2 atom stereocenters. The van der Waals surface area contributed by atoms with Crippen LogP contribution >= 0.6 is 0 Å². The van der Waals surface area contributed by atoms with Crippen LogP contribution < -0.4 is 5.32 Å². The van der Waals surface area contributed by atoms with Crippen LogP contribution in [0.15, 0.2) is 0 Å². The zero-order chi connectivity index (χ0) is 15.9. The first-order valence-electron chi connectivity index (χ1n) is 7.65. The van der Waals surface area contributed by atoms with Crippen molar-refractivity contribution < 1.29 is 19.0 Å². The molecule has 1 rings (SSSR count). The van der Waals surface area contributed by atoms with Crippen molar-refractivity contribution in [1.29, 1.82) is 0 Å². The average Bonchev–Trinajstić information content (AvgIpc) is 2.77. The van der Waals surface area contributed by atoms with E-state index >= 15 is 0 Å². The van der Waals surface area contributed by atoms with Gasteiger partial charge in [-0.3, -0.25) is 0 Å². The molecule has 0 bridgehead atoms. The first kappa shape index (κ1) is 18.2. The minimum absolute atomic E-state index is 0.235. The molecule has 1 amide bonds. The second kappa shape index (κ2) is 8.56. The van der Waals surface area contributed by atoms with Crippen LogP contribution in [0.3, 0.4) is 0 Å². The van der Waals surface area contributed by atoms with Crippen LogP contribution in [0.4, 0.5) is 4.79 Å². The quantitative estimate of drug-likeness (QED) is 0.774. The van der Waals surface area contributed by atoms with Crippen molar-refractivity contribution in [2.75, 3.05) is 40.0 Å². The van der Waals surface area contributed by atoms with E-state index in [0.29, 0.717) is 25.7 Å². The third kappa shape index (κ3) is 7.11. The molecule has 6 heteroatoms. The summed E-state index contributed by atoms with van der Waals surface area (Å²) in [5.41, 5.74) is -0.482. The van der Waals surface area contributed by atoms with Crippen molar-refractivity contribution in [1.82, 2.24) is 10.2 Å². The average molecular weight is 302 g/mol. The van der Waals surface area contributed by atoms with Gasteiger partial charge < -0.3 is 24.4 Å². The molecule has 1 fully saturated rings. The van der Waals surface area contributed by atoms with Gasteiger partial charge in [0.15, 0.2) is 0 Å². The standard InChI is InChI=1S/C15H30N2O4/c1-12-13(6-10-20-12)16-7-8-17(9-11-19-5)14(18)21-15(2,3)4/h12-13,16H,6-11H2,1-5H3. The minimum atomic E-state index is -0.482. The smallest absolute Gasteiger partial charge is 0.410 e. The summed E-state index contributed by atoms with van der Waals surface area (Å²) in [6.07, 6.45) is 0.960. The van der Waals surface area contributed by atoms with E-state index in [1.807, 2.05) is 20.8 Å². The lowest BCUT2D eigenvalue weighted by atomic mass is 10.1. The van der Waals surface area contributed by atoms with E-state index < -0.39 is 5.60 Å². The van der Waals surface area contributed by atoms with Gasteiger partial charge in [0.2, 0.25) is 0 Å². The number of rotatable bonds is 7. The molecule has 21 heavy (non-hydrogen) atoms. The predicted octanol–water partition coefficient (Wildman–Crippen LogP) is 1.64. The number of amides is 1. The molecule has 2 unspecified atom stereocenters. The molecule has 1 aliphatic heterocycles. The van der Waals surface area contributed by atoms with E-state index in [1.54, 1.807) is 12.0 Å². The molecule has 1 saturated heterocycles. The topological polar surface area (TPSA) is 60.0 Å². The van der Waals surface area contributed by atoms with Crippen molar-refractivity contribution in [3.63, 3.8) is 0 Å². The molecule has 0 radical (unpaired) electrons. The monoisotopic (exact) mass is 302 g/mol. The van der Waals surface area contributed by atoms with E-state index in [4.69, 9.17) is 14.2 Å². The second-order valence-corrected chi connectivity index (χ2v) is 6.39. The Hall–Kier alpha value is -0.850. The Kier molecular flexibility index (Phi) is 7.42. The van der Waals surface area contributed by atoms with Crippen LogP contribution in [0.2, 0.25) is 0 Å². The summed E-state index contributed by atoms with van der Waals surface area (Å²) in [6, 6.07) is 0.368. The van der Waals surface area contributed by atoms with E-state index in [-0.39, 0.29) is 12.2 Å². The molecule has 0 aliphatic carbocycles. The lowest BCUT2D eigenvalue weighted by molar-refractivity contribution is 0.0201. The summed E-state index contributed by atoms with van der Waals surface area (Å²) in [4.78, 5) is 13.8. The van der Waals surface area contributed by atoms with Crippen molar-refractivity contribution in [2.24, 2.45) is 0 Å². The summed E-state index contributed by atoms with van der Waals surface area (Å²) >= 11 is 0. The van der Waals surface area contributed by atoms with Gasteiger partial charge in [-0.2, -0.15) is 0 Å². The molecule has 0 saturated carbocycles. The van der Waals surface area contributed by atoms with Gasteiger partial charge in [-0.05, 0) is 34.1 Å². The molecule has 1 N–H and O–H groups in total. The maximum atomic E-state index is 12.2. The number of carbonyl (C=O) groups excluding carboxylic acids is 1.